The van der Waals surface area contributed by atoms with Gasteiger partial charge >= 0.3 is 0 Å². The van der Waals surface area contributed by atoms with Gasteiger partial charge in [-0.15, -0.1) is 0 Å². The Morgan fingerprint density at radius 1 is 1.32 bits per heavy atom. The fourth-order valence-corrected chi connectivity index (χ4v) is 2.24. The van der Waals surface area contributed by atoms with E-state index in [1.54, 1.807) is 25.6 Å². The largest absolute Gasteiger partial charge is 0.462 e. The molecule has 0 radical (unpaired) electrons. The monoisotopic (exact) mass is 273 g/mol. The number of pyridine rings is 1. The zero-order valence-corrected chi connectivity index (χ0v) is 11.1. The lowest BCUT2D eigenvalue weighted by molar-refractivity contribution is 0.185. The number of benzene rings is 1. The number of rotatable bonds is 3. The van der Waals surface area contributed by atoms with Crippen LogP contribution in [0.4, 0.5) is 0 Å². The summed E-state index contributed by atoms with van der Waals surface area (Å²) in [5.41, 5.74) is 4.65. The van der Waals surface area contributed by atoms with Crippen LogP contribution in [0.2, 0.25) is 5.02 Å². The van der Waals surface area contributed by atoms with Gasteiger partial charge in [0.05, 0.1) is 11.6 Å². The summed E-state index contributed by atoms with van der Waals surface area (Å²) in [7, 11) is 1.68. The van der Waals surface area contributed by atoms with Crippen LogP contribution >= 0.6 is 11.6 Å². The van der Waals surface area contributed by atoms with Gasteiger partial charge in [-0.1, -0.05) is 29.8 Å². The topological polar surface area (TPSA) is 35.3 Å². The molecule has 3 aromatic rings. The first-order valence-corrected chi connectivity index (χ1v) is 6.27. The Kier molecular flexibility index (Phi) is 3.23. The zero-order valence-electron chi connectivity index (χ0n) is 10.4. The van der Waals surface area contributed by atoms with E-state index < -0.39 is 0 Å². The number of aromatic nitrogens is 1. The van der Waals surface area contributed by atoms with Gasteiger partial charge in [-0.25, -0.2) is 0 Å². The number of fused-ring (bicyclic) bond motifs is 1. The first-order valence-electron chi connectivity index (χ1n) is 5.89. The molecule has 96 valence electrons. The molecule has 0 saturated heterocycles. The summed E-state index contributed by atoms with van der Waals surface area (Å²) in [6.45, 7) is 0.586. The van der Waals surface area contributed by atoms with E-state index in [4.69, 9.17) is 20.8 Å². The van der Waals surface area contributed by atoms with E-state index in [0.29, 0.717) is 17.2 Å². The van der Waals surface area contributed by atoms with Gasteiger partial charge < -0.3 is 9.15 Å². The van der Waals surface area contributed by atoms with E-state index in [9.17, 15) is 0 Å². The smallest absolute Gasteiger partial charge is 0.154 e. The van der Waals surface area contributed by atoms with E-state index in [1.807, 2.05) is 18.2 Å². The SMILES string of the molecule is COCc1cccc(-c2coc3cc(Cl)cnc23)c1. The molecular formula is C15H12ClNO2. The molecule has 0 spiro atoms. The van der Waals surface area contributed by atoms with Crippen molar-refractivity contribution in [2.45, 2.75) is 6.61 Å². The van der Waals surface area contributed by atoms with Crippen molar-refractivity contribution >= 4 is 22.7 Å². The zero-order chi connectivity index (χ0) is 13.2. The molecule has 0 aliphatic heterocycles. The van der Waals surface area contributed by atoms with Crippen molar-refractivity contribution in [1.82, 2.24) is 4.98 Å². The first-order chi connectivity index (χ1) is 9.28. The summed E-state index contributed by atoms with van der Waals surface area (Å²) in [6, 6.07) is 9.90. The average molecular weight is 274 g/mol. The van der Waals surface area contributed by atoms with Gasteiger partial charge in [0, 0.05) is 24.9 Å². The predicted molar refractivity (Wildman–Crippen MR) is 75.2 cm³/mol. The summed E-state index contributed by atoms with van der Waals surface area (Å²) in [5, 5.41) is 0.571. The Morgan fingerprint density at radius 2 is 2.21 bits per heavy atom. The Labute approximate surface area is 115 Å². The van der Waals surface area contributed by atoms with Crippen LogP contribution in [0.25, 0.3) is 22.2 Å². The summed E-state index contributed by atoms with van der Waals surface area (Å²) < 4.78 is 10.7. The molecule has 1 aromatic carbocycles. The van der Waals surface area contributed by atoms with Crippen molar-refractivity contribution in [3.05, 3.63) is 53.4 Å². The second-order valence-electron chi connectivity index (χ2n) is 4.28. The number of hydrogen-bond acceptors (Lipinski definition) is 3. The lowest BCUT2D eigenvalue weighted by Crippen LogP contribution is -1.87. The normalized spacial score (nSPS) is 11.1. The molecule has 0 N–H and O–H groups in total. The van der Waals surface area contributed by atoms with Gasteiger partial charge in [0.1, 0.15) is 11.8 Å². The molecule has 2 heterocycles. The average Bonchev–Trinajstić information content (AvgIpc) is 2.82. The fraction of sp³-hybridized carbons (Fsp3) is 0.133. The molecule has 0 bridgehead atoms. The third kappa shape index (κ3) is 2.35. The summed E-state index contributed by atoms with van der Waals surface area (Å²) in [4.78, 5) is 4.34. The summed E-state index contributed by atoms with van der Waals surface area (Å²) >= 11 is 5.90. The highest BCUT2D eigenvalue weighted by Gasteiger charge is 2.10. The van der Waals surface area contributed by atoms with Gasteiger partial charge in [0.2, 0.25) is 0 Å². The van der Waals surface area contributed by atoms with Crippen LogP contribution in [-0.4, -0.2) is 12.1 Å². The molecular weight excluding hydrogens is 262 g/mol. The maximum atomic E-state index is 5.90. The Balaban J connectivity index is 2.11. The number of nitrogens with zero attached hydrogens (tertiary/aromatic N) is 1. The van der Waals surface area contributed by atoms with E-state index in [2.05, 4.69) is 11.1 Å². The van der Waals surface area contributed by atoms with Crippen LogP contribution in [0.15, 0.2) is 47.2 Å². The predicted octanol–water partition coefficient (Wildman–Crippen LogP) is 4.29. The lowest BCUT2D eigenvalue weighted by Gasteiger charge is -2.03. The highest BCUT2D eigenvalue weighted by Crippen LogP contribution is 2.30. The summed E-state index contributed by atoms with van der Waals surface area (Å²) in [6.07, 6.45) is 3.34. The van der Waals surface area contributed by atoms with E-state index >= 15 is 0 Å². The number of furan rings is 1. The van der Waals surface area contributed by atoms with Gasteiger partial charge in [-0.05, 0) is 17.2 Å². The molecule has 0 aliphatic carbocycles. The van der Waals surface area contributed by atoms with Crippen LogP contribution in [-0.2, 0) is 11.3 Å². The molecule has 0 aliphatic rings. The van der Waals surface area contributed by atoms with Gasteiger partial charge in [-0.2, -0.15) is 0 Å². The van der Waals surface area contributed by atoms with Gasteiger partial charge in [-0.3, -0.25) is 4.98 Å². The first kappa shape index (κ1) is 12.2. The minimum atomic E-state index is 0.571. The standard InChI is InChI=1S/C15H12ClNO2/c1-18-8-10-3-2-4-11(5-10)13-9-19-14-6-12(16)7-17-15(13)14/h2-7,9H,8H2,1H3. The van der Waals surface area contributed by atoms with Gasteiger partial charge in [0.15, 0.2) is 5.58 Å². The second-order valence-corrected chi connectivity index (χ2v) is 4.72. The molecule has 0 amide bonds. The Hall–Kier alpha value is -1.84. The quantitative estimate of drug-likeness (QED) is 0.714. The highest BCUT2D eigenvalue weighted by atomic mass is 35.5. The minimum Gasteiger partial charge on any atom is -0.462 e. The van der Waals surface area contributed by atoms with Crippen molar-refractivity contribution in [2.75, 3.05) is 7.11 Å². The molecule has 0 fully saturated rings. The van der Waals surface area contributed by atoms with Crippen molar-refractivity contribution in [3.8, 4) is 11.1 Å². The Morgan fingerprint density at radius 3 is 3.05 bits per heavy atom. The van der Waals surface area contributed by atoms with Crippen LogP contribution in [0, 0.1) is 0 Å². The molecule has 4 heteroatoms. The van der Waals surface area contributed by atoms with E-state index in [-0.39, 0.29) is 0 Å². The van der Waals surface area contributed by atoms with Crippen molar-refractivity contribution < 1.29 is 9.15 Å². The second kappa shape index (κ2) is 5.03. The third-order valence-electron chi connectivity index (χ3n) is 2.93. The molecule has 0 unspecified atom stereocenters. The number of hydrogen-bond donors (Lipinski definition) is 0. The van der Waals surface area contributed by atoms with E-state index in [1.165, 1.54) is 0 Å². The molecule has 0 atom stereocenters. The maximum Gasteiger partial charge on any atom is 0.154 e. The molecule has 19 heavy (non-hydrogen) atoms. The van der Waals surface area contributed by atoms with Crippen LogP contribution in [0.5, 0.6) is 0 Å². The molecule has 0 saturated carbocycles. The number of ether oxygens (including phenoxy) is 1. The summed E-state index contributed by atoms with van der Waals surface area (Å²) in [5.74, 6) is 0. The molecule has 3 nitrogen and oxygen atoms in total. The maximum absolute atomic E-state index is 5.90. The fourth-order valence-electron chi connectivity index (χ4n) is 2.09. The Bertz CT molecular complexity index is 721. The van der Waals surface area contributed by atoms with Crippen LogP contribution in [0.3, 0.4) is 0 Å². The van der Waals surface area contributed by atoms with Crippen molar-refractivity contribution in [3.63, 3.8) is 0 Å². The lowest BCUT2D eigenvalue weighted by atomic mass is 10.1. The third-order valence-corrected chi connectivity index (χ3v) is 3.13. The van der Waals surface area contributed by atoms with Gasteiger partial charge in [0.25, 0.3) is 0 Å². The highest BCUT2D eigenvalue weighted by molar-refractivity contribution is 6.31. The molecule has 2 aromatic heterocycles. The van der Waals surface area contributed by atoms with Crippen molar-refractivity contribution in [1.29, 1.82) is 0 Å². The number of halogens is 1. The minimum absolute atomic E-state index is 0.571. The van der Waals surface area contributed by atoms with Crippen molar-refractivity contribution in [2.24, 2.45) is 0 Å². The van der Waals surface area contributed by atoms with Crippen LogP contribution < -0.4 is 0 Å². The van der Waals surface area contributed by atoms with E-state index in [0.717, 1.165) is 22.2 Å². The number of methoxy groups -OCH3 is 1. The van der Waals surface area contributed by atoms with Crippen LogP contribution in [0.1, 0.15) is 5.56 Å². The molecule has 3 rings (SSSR count).